The van der Waals surface area contributed by atoms with E-state index in [0.29, 0.717) is 17.6 Å². The Labute approximate surface area is 217 Å². The smallest absolute Gasteiger partial charge is 0.128 e. The molecule has 4 aromatic heterocycles. The molecule has 0 spiro atoms. The molecule has 3 saturated heterocycles. The van der Waals surface area contributed by atoms with Gasteiger partial charge in [0.25, 0.3) is 0 Å². The fourth-order valence-corrected chi connectivity index (χ4v) is 5.41. The van der Waals surface area contributed by atoms with Crippen molar-refractivity contribution in [2.75, 3.05) is 24.5 Å². The van der Waals surface area contributed by atoms with E-state index in [1.54, 1.807) is 15.4 Å². The Morgan fingerprint density at radius 1 is 1.00 bits per heavy atom. The van der Waals surface area contributed by atoms with Crippen molar-refractivity contribution in [2.45, 2.75) is 39.3 Å². The van der Waals surface area contributed by atoms with Crippen molar-refractivity contribution in [1.29, 1.82) is 5.26 Å². The van der Waals surface area contributed by atoms with Gasteiger partial charge < -0.3 is 4.90 Å². The quantitative estimate of drug-likeness (QED) is 0.403. The van der Waals surface area contributed by atoms with Gasteiger partial charge in [-0.25, -0.2) is 9.50 Å². The first-order chi connectivity index (χ1) is 17.8. The van der Waals surface area contributed by atoms with Gasteiger partial charge in [0.1, 0.15) is 11.9 Å². The maximum atomic E-state index is 9.69. The Bertz CT molecular complexity index is 1560. The molecular weight excluding hydrogens is 460 g/mol. The minimum absolute atomic E-state index is 0.0473. The fourth-order valence-electron chi connectivity index (χ4n) is 5.41. The third-order valence-corrected chi connectivity index (χ3v) is 7.22. The van der Waals surface area contributed by atoms with Gasteiger partial charge in [0.15, 0.2) is 0 Å². The number of piperazine rings is 1. The van der Waals surface area contributed by atoms with Crippen LogP contribution in [0, 0.1) is 28.6 Å². The summed E-state index contributed by atoms with van der Waals surface area (Å²) in [7, 11) is 1.90. The summed E-state index contributed by atoms with van der Waals surface area (Å²) in [6, 6.07) is 9.65. The highest BCUT2D eigenvalue weighted by Crippen LogP contribution is 2.35. The lowest BCUT2D eigenvalue weighted by Gasteiger charge is -2.56. The van der Waals surface area contributed by atoms with Crippen molar-refractivity contribution in [3.8, 4) is 40.2 Å². The van der Waals surface area contributed by atoms with E-state index in [2.05, 4.69) is 76.9 Å². The minimum Gasteiger partial charge on any atom is -0.353 e. The highest BCUT2D eigenvalue weighted by Gasteiger charge is 2.44. The van der Waals surface area contributed by atoms with Crippen LogP contribution < -0.4 is 4.90 Å². The van der Waals surface area contributed by atoms with E-state index in [0.717, 1.165) is 53.2 Å². The Morgan fingerprint density at radius 3 is 2.46 bits per heavy atom. The number of piperidine rings is 1. The van der Waals surface area contributed by atoms with Gasteiger partial charge in [-0.05, 0) is 45.4 Å². The molecule has 8 nitrogen and oxygen atoms in total. The second-order valence-corrected chi connectivity index (χ2v) is 11.1. The Kier molecular flexibility index (Phi) is 5.51. The van der Waals surface area contributed by atoms with Gasteiger partial charge in [0.05, 0.1) is 30.0 Å². The summed E-state index contributed by atoms with van der Waals surface area (Å²) in [6.07, 6.45) is 10.5. The van der Waals surface area contributed by atoms with Crippen LogP contribution in [0.5, 0.6) is 0 Å². The van der Waals surface area contributed by atoms with Crippen LogP contribution in [0.15, 0.2) is 49.2 Å². The van der Waals surface area contributed by atoms with Gasteiger partial charge in [0, 0.05) is 78.5 Å². The topological polar surface area (TPSA) is 78.3 Å². The zero-order chi connectivity index (χ0) is 25.7. The van der Waals surface area contributed by atoms with Crippen molar-refractivity contribution in [3.05, 3.63) is 54.7 Å². The number of hydrogen-bond donors (Lipinski definition) is 0. The molecule has 8 heteroatoms. The summed E-state index contributed by atoms with van der Waals surface area (Å²) in [4.78, 5) is 9.78. The molecule has 2 bridgehead atoms. The average molecular weight is 491 g/mol. The van der Waals surface area contributed by atoms with Crippen molar-refractivity contribution in [2.24, 2.45) is 12.5 Å². The molecule has 37 heavy (non-hydrogen) atoms. The predicted molar refractivity (Wildman–Crippen MR) is 144 cm³/mol. The number of anilines is 1. The molecule has 7 rings (SSSR count). The molecule has 4 aromatic rings. The van der Waals surface area contributed by atoms with Gasteiger partial charge in [-0.1, -0.05) is 11.8 Å². The molecule has 186 valence electrons. The molecule has 7 heterocycles. The van der Waals surface area contributed by atoms with Gasteiger partial charge in [0.2, 0.25) is 0 Å². The van der Waals surface area contributed by atoms with E-state index < -0.39 is 0 Å². The van der Waals surface area contributed by atoms with E-state index in [4.69, 9.17) is 4.98 Å². The summed E-state index contributed by atoms with van der Waals surface area (Å²) in [5, 5.41) is 18.4. The van der Waals surface area contributed by atoms with Crippen LogP contribution in [0.25, 0.3) is 27.8 Å². The van der Waals surface area contributed by atoms with Crippen molar-refractivity contribution >= 4 is 11.3 Å². The van der Waals surface area contributed by atoms with Crippen LogP contribution in [0.2, 0.25) is 0 Å². The molecule has 3 fully saturated rings. The molecule has 3 aliphatic rings. The number of rotatable bonds is 4. The van der Waals surface area contributed by atoms with Crippen LogP contribution in [0.1, 0.15) is 32.8 Å². The van der Waals surface area contributed by atoms with Crippen LogP contribution in [-0.4, -0.2) is 61.0 Å². The summed E-state index contributed by atoms with van der Waals surface area (Å²) in [6.45, 7) is 9.26. The molecule has 0 amide bonds. The first kappa shape index (κ1) is 23.3. The average Bonchev–Trinajstić information content (AvgIpc) is 3.51. The van der Waals surface area contributed by atoms with E-state index in [1.807, 2.05) is 31.8 Å². The first-order valence-electron chi connectivity index (χ1n) is 12.7. The Hall–Kier alpha value is -4.14. The van der Waals surface area contributed by atoms with Gasteiger partial charge in [-0.2, -0.15) is 15.5 Å². The predicted octanol–water partition coefficient (Wildman–Crippen LogP) is 3.98. The molecule has 0 aromatic carbocycles. The zero-order valence-electron chi connectivity index (χ0n) is 21.7. The molecule has 0 radical (unpaired) electrons. The number of aryl methyl sites for hydroxylation is 1. The van der Waals surface area contributed by atoms with E-state index in [-0.39, 0.29) is 5.41 Å². The Balaban J connectivity index is 1.25. The maximum absolute atomic E-state index is 9.69. The summed E-state index contributed by atoms with van der Waals surface area (Å²) < 4.78 is 3.56. The number of pyridine rings is 2. The summed E-state index contributed by atoms with van der Waals surface area (Å²) in [5.74, 6) is 7.74. The standard InChI is InChI=1S/C29H30N8/c1-29(2,3)8-5-9-36-24-11-25(36)19-35(18-24)27-7-6-20(13-31-27)26-10-21(23-15-32-34(4)16-23)17-37-28(26)22(12-30)14-33-37/h6-7,10,13-17,24-25H,9,11,18-19H2,1-4H3. The molecule has 3 aliphatic heterocycles. The lowest BCUT2D eigenvalue weighted by Crippen LogP contribution is -2.68. The van der Waals surface area contributed by atoms with Crippen LogP contribution >= 0.6 is 0 Å². The normalized spacial score (nSPS) is 19.3. The van der Waals surface area contributed by atoms with Crippen molar-refractivity contribution in [3.63, 3.8) is 0 Å². The summed E-state index contributed by atoms with van der Waals surface area (Å²) in [5.41, 5.74) is 5.24. The first-order valence-corrected chi connectivity index (χ1v) is 12.7. The molecule has 2 unspecified atom stereocenters. The third-order valence-electron chi connectivity index (χ3n) is 7.22. The number of nitriles is 1. The van der Waals surface area contributed by atoms with Crippen LogP contribution in [0.4, 0.5) is 5.82 Å². The van der Waals surface area contributed by atoms with Crippen molar-refractivity contribution < 1.29 is 0 Å². The van der Waals surface area contributed by atoms with E-state index in [1.165, 1.54) is 6.42 Å². The number of fused-ring (bicyclic) bond motifs is 3. The molecule has 2 atom stereocenters. The minimum atomic E-state index is 0.0473. The fraction of sp³-hybridized carbons (Fsp3) is 0.379. The third kappa shape index (κ3) is 4.34. The largest absolute Gasteiger partial charge is 0.353 e. The molecule has 0 N–H and O–H groups in total. The highest BCUT2D eigenvalue weighted by molar-refractivity contribution is 5.87. The van der Waals surface area contributed by atoms with Gasteiger partial charge in [-0.15, -0.1) is 0 Å². The maximum Gasteiger partial charge on any atom is 0.128 e. The number of hydrogen-bond acceptors (Lipinski definition) is 6. The second-order valence-electron chi connectivity index (χ2n) is 11.1. The SMILES string of the molecule is Cn1cc(-c2cc(-c3ccc(N4CC5CC(C4)N5CC#CC(C)(C)C)nc3)c3c(C#N)cnn3c2)cn1. The van der Waals surface area contributed by atoms with Crippen molar-refractivity contribution in [1.82, 2.24) is 29.3 Å². The summed E-state index contributed by atoms with van der Waals surface area (Å²) >= 11 is 0. The zero-order valence-corrected chi connectivity index (χ0v) is 21.7. The van der Waals surface area contributed by atoms with E-state index >= 15 is 0 Å². The van der Waals surface area contributed by atoms with Gasteiger partial charge in [-0.3, -0.25) is 9.58 Å². The highest BCUT2D eigenvalue weighted by atomic mass is 15.4. The lowest BCUT2D eigenvalue weighted by molar-refractivity contribution is 0.0125. The van der Waals surface area contributed by atoms with Crippen LogP contribution in [0.3, 0.4) is 0 Å². The monoisotopic (exact) mass is 490 g/mol. The van der Waals surface area contributed by atoms with E-state index in [9.17, 15) is 5.26 Å². The Morgan fingerprint density at radius 2 is 1.81 bits per heavy atom. The molecule has 0 aliphatic carbocycles. The lowest BCUT2D eigenvalue weighted by atomic mass is 9.87. The number of nitrogens with zero attached hydrogens (tertiary/aromatic N) is 8. The van der Waals surface area contributed by atoms with Gasteiger partial charge >= 0.3 is 0 Å². The molecular formula is C29H30N8. The molecule has 0 saturated carbocycles. The second kappa shape index (κ2) is 8.76. The number of aromatic nitrogens is 5. The van der Waals surface area contributed by atoms with Crippen LogP contribution in [-0.2, 0) is 7.05 Å².